The number of carbonyl (C=O) groups is 1. The molecule has 1 saturated carbocycles. The lowest BCUT2D eigenvalue weighted by atomic mass is 9.93. The van der Waals surface area contributed by atoms with Gasteiger partial charge >= 0.3 is 6.03 Å². The molecule has 1 aromatic carbocycles. The molecule has 2 rings (SSSR count). The lowest BCUT2D eigenvalue weighted by molar-refractivity contribution is 0.118. The first-order valence-electron chi connectivity index (χ1n) is 6.98. The van der Waals surface area contributed by atoms with Gasteiger partial charge in [-0.05, 0) is 50.3 Å². The van der Waals surface area contributed by atoms with Crippen LogP contribution >= 0.6 is 0 Å². The quantitative estimate of drug-likeness (QED) is 0.795. The molecule has 0 bridgehead atoms. The molecule has 0 unspecified atom stereocenters. The standard InChI is InChI=1S/C15H22N2O3/c1-10-3-8-13(14(9-10)20-2)17-15(19)16-11-4-6-12(18)7-5-11/h3,8-9,11-12,18H,4-7H2,1-2H3,(H2,16,17,19). The van der Waals surface area contributed by atoms with E-state index < -0.39 is 0 Å². The fourth-order valence-corrected chi connectivity index (χ4v) is 2.47. The highest BCUT2D eigenvalue weighted by atomic mass is 16.5. The lowest BCUT2D eigenvalue weighted by Crippen LogP contribution is -2.40. The van der Waals surface area contributed by atoms with Crippen molar-refractivity contribution in [3.63, 3.8) is 0 Å². The first-order valence-corrected chi connectivity index (χ1v) is 6.98. The van der Waals surface area contributed by atoms with Crippen LogP contribution in [-0.4, -0.2) is 30.4 Å². The van der Waals surface area contributed by atoms with Crippen LogP contribution in [0, 0.1) is 6.92 Å². The van der Waals surface area contributed by atoms with Gasteiger partial charge in [-0.25, -0.2) is 4.79 Å². The number of methoxy groups -OCH3 is 1. The van der Waals surface area contributed by atoms with Gasteiger partial charge in [0.1, 0.15) is 5.75 Å². The first-order chi connectivity index (χ1) is 9.58. The van der Waals surface area contributed by atoms with Gasteiger partial charge in [0.2, 0.25) is 0 Å². The number of anilines is 1. The van der Waals surface area contributed by atoms with E-state index in [1.54, 1.807) is 7.11 Å². The predicted octanol–water partition coefficient (Wildman–Crippen LogP) is 2.43. The number of aryl methyl sites for hydroxylation is 1. The Balaban J connectivity index is 1.91. The van der Waals surface area contributed by atoms with Gasteiger partial charge in [-0.3, -0.25) is 0 Å². The van der Waals surface area contributed by atoms with E-state index in [1.807, 2.05) is 25.1 Å². The van der Waals surface area contributed by atoms with E-state index in [2.05, 4.69) is 10.6 Å². The highest BCUT2D eigenvalue weighted by Crippen LogP contribution is 2.25. The summed E-state index contributed by atoms with van der Waals surface area (Å²) in [6.07, 6.45) is 2.92. The second kappa shape index (κ2) is 6.61. The molecule has 1 fully saturated rings. The fourth-order valence-electron chi connectivity index (χ4n) is 2.47. The summed E-state index contributed by atoms with van der Waals surface area (Å²) in [4.78, 5) is 12.0. The van der Waals surface area contributed by atoms with E-state index in [0.29, 0.717) is 11.4 Å². The predicted molar refractivity (Wildman–Crippen MR) is 78.1 cm³/mol. The number of ether oxygens (including phenoxy) is 1. The molecule has 0 aromatic heterocycles. The Labute approximate surface area is 119 Å². The van der Waals surface area contributed by atoms with E-state index in [9.17, 15) is 9.90 Å². The summed E-state index contributed by atoms with van der Waals surface area (Å²) in [7, 11) is 1.58. The third-order valence-corrected chi connectivity index (χ3v) is 3.64. The molecule has 0 aliphatic heterocycles. The van der Waals surface area contributed by atoms with E-state index >= 15 is 0 Å². The van der Waals surface area contributed by atoms with E-state index in [1.165, 1.54) is 0 Å². The third kappa shape index (κ3) is 3.87. The maximum atomic E-state index is 12.0. The Kier molecular flexibility index (Phi) is 4.84. The number of aliphatic hydroxyl groups is 1. The summed E-state index contributed by atoms with van der Waals surface area (Å²) in [5.74, 6) is 0.652. The molecule has 1 aliphatic carbocycles. The van der Waals surface area contributed by atoms with Crippen LogP contribution in [0.3, 0.4) is 0 Å². The topological polar surface area (TPSA) is 70.6 Å². The van der Waals surface area contributed by atoms with Crippen molar-refractivity contribution in [3.8, 4) is 5.75 Å². The summed E-state index contributed by atoms with van der Waals surface area (Å²) < 4.78 is 5.26. The zero-order valence-corrected chi connectivity index (χ0v) is 12.0. The average molecular weight is 278 g/mol. The van der Waals surface area contributed by atoms with Crippen molar-refractivity contribution in [1.29, 1.82) is 0 Å². The minimum atomic E-state index is -0.228. The first kappa shape index (κ1) is 14.7. The van der Waals surface area contributed by atoms with Crippen LogP contribution in [0.4, 0.5) is 10.5 Å². The summed E-state index contributed by atoms with van der Waals surface area (Å²) in [6, 6.07) is 5.54. The lowest BCUT2D eigenvalue weighted by Gasteiger charge is -2.26. The molecule has 0 heterocycles. The van der Waals surface area contributed by atoms with Crippen LogP contribution in [0.25, 0.3) is 0 Å². The number of rotatable bonds is 3. The number of nitrogens with one attached hydrogen (secondary N) is 2. The van der Waals surface area contributed by atoms with Crippen LogP contribution in [0.2, 0.25) is 0 Å². The third-order valence-electron chi connectivity index (χ3n) is 3.64. The molecule has 0 spiro atoms. The van der Waals surface area contributed by atoms with Crippen molar-refractivity contribution in [2.24, 2.45) is 0 Å². The van der Waals surface area contributed by atoms with Crippen molar-refractivity contribution in [3.05, 3.63) is 23.8 Å². The van der Waals surface area contributed by atoms with Gasteiger partial charge in [0.15, 0.2) is 0 Å². The van der Waals surface area contributed by atoms with Crippen LogP contribution in [0.1, 0.15) is 31.2 Å². The smallest absolute Gasteiger partial charge is 0.319 e. The Bertz CT molecular complexity index is 468. The zero-order valence-electron chi connectivity index (χ0n) is 12.0. The molecule has 1 aromatic rings. The second-order valence-electron chi connectivity index (χ2n) is 5.31. The molecule has 0 saturated heterocycles. The number of urea groups is 1. The number of aliphatic hydroxyl groups excluding tert-OH is 1. The van der Waals surface area contributed by atoms with Crippen molar-refractivity contribution >= 4 is 11.7 Å². The van der Waals surface area contributed by atoms with Crippen LogP contribution in [0.15, 0.2) is 18.2 Å². The minimum absolute atomic E-state index is 0.134. The minimum Gasteiger partial charge on any atom is -0.495 e. The molecule has 2 amide bonds. The number of benzene rings is 1. The fraction of sp³-hybridized carbons (Fsp3) is 0.533. The molecule has 20 heavy (non-hydrogen) atoms. The Morgan fingerprint density at radius 1 is 1.30 bits per heavy atom. The van der Waals surface area contributed by atoms with Crippen molar-refractivity contribution in [2.45, 2.75) is 44.8 Å². The molecule has 5 nitrogen and oxygen atoms in total. The summed E-state index contributed by atoms with van der Waals surface area (Å²) in [5, 5.41) is 15.2. The Hall–Kier alpha value is -1.75. The molecular weight excluding hydrogens is 256 g/mol. The number of hydrogen-bond acceptors (Lipinski definition) is 3. The SMILES string of the molecule is COc1cc(C)ccc1NC(=O)NC1CCC(O)CC1. The van der Waals surface area contributed by atoms with Crippen molar-refractivity contribution in [1.82, 2.24) is 5.32 Å². The Morgan fingerprint density at radius 3 is 2.65 bits per heavy atom. The van der Waals surface area contributed by atoms with Crippen LogP contribution in [-0.2, 0) is 0 Å². The summed E-state index contributed by atoms with van der Waals surface area (Å²) >= 11 is 0. The van der Waals surface area contributed by atoms with E-state index in [4.69, 9.17) is 4.74 Å². The van der Waals surface area contributed by atoms with E-state index in [0.717, 1.165) is 31.2 Å². The summed E-state index contributed by atoms with van der Waals surface area (Å²) in [6.45, 7) is 1.97. The maximum Gasteiger partial charge on any atom is 0.319 e. The zero-order chi connectivity index (χ0) is 14.5. The molecular formula is C15H22N2O3. The second-order valence-corrected chi connectivity index (χ2v) is 5.31. The van der Waals surface area contributed by atoms with Gasteiger partial charge in [0, 0.05) is 6.04 Å². The molecule has 5 heteroatoms. The monoisotopic (exact) mass is 278 g/mol. The molecule has 1 aliphatic rings. The molecule has 3 N–H and O–H groups in total. The van der Waals surface area contributed by atoms with Crippen molar-refractivity contribution < 1.29 is 14.6 Å². The largest absolute Gasteiger partial charge is 0.495 e. The highest BCUT2D eigenvalue weighted by Gasteiger charge is 2.21. The van der Waals surface area contributed by atoms with Gasteiger partial charge in [-0.2, -0.15) is 0 Å². The van der Waals surface area contributed by atoms with Gasteiger partial charge in [-0.1, -0.05) is 6.07 Å². The molecule has 0 atom stereocenters. The van der Waals surface area contributed by atoms with Gasteiger partial charge < -0.3 is 20.5 Å². The average Bonchev–Trinajstić information content (AvgIpc) is 2.43. The van der Waals surface area contributed by atoms with Crippen molar-refractivity contribution in [2.75, 3.05) is 12.4 Å². The summed E-state index contributed by atoms with van der Waals surface area (Å²) in [5.41, 5.74) is 1.74. The Morgan fingerprint density at radius 2 is 2.00 bits per heavy atom. The van der Waals surface area contributed by atoms with Crippen LogP contribution < -0.4 is 15.4 Å². The maximum absolute atomic E-state index is 12.0. The highest BCUT2D eigenvalue weighted by molar-refractivity contribution is 5.91. The number of amides is 2. The number of carbonyl (C=O) groups excluding carboxylic acids is 1. The normalized spacial score (nSPS) is 22.1. The van der Waals surface area contributed by atoms with E-state index in [-0.39, 0.29) is 18.2 Å². The molecule has 0 radical (unpaired) electrons. The molecule has 110 valence electrons. The van der Waals surface area contributed by atoms with Gasteiger partial charge in [0.25, 0.3) is 0 Å². The van der Waals surface area contributed by atoms with Crippen LogP contribution in [0.5, 0.6) is 5.75 Å². The van der Waals surface area contributed by atoms with Gasteiger partial charge in [-0.15, -0.1) is 0 Å². The number of hydrogen-bond donors (Lipinski definition) is 3. The van der Waals surface area contributed by atoms with Gasteiger partial charge in [0.05, 0.1) is 18.9 Å².